The number of hydrogen-bond donors (Lipinski definition) is 1. The molecule has 1 atom stereocenters. The second kappa shape index (κ2) is 11.2. The smallest absolute Gasteiger partial charge is 0.323 e. The maximum atomic E-state index is 11.9. The summed E-state index contributed by atoms with van der Waals surface area (Å²) in [5.41, 5.74) is 0. The molecule has 0 fully saturated rings. The summed E-state index contributed by atoms with van der Waals surface area (Å²) in [6.07, 6.45) is 0.758. The van der Waals surface area contributed by atoms with Crippen molar-refractivity contribution < 1.29 is 14.3 Å². The number of esters is 1. The van der Waals surface area contributed by atoms with Crippen LogP contribution in [0.2, 0.25) is 0 Å². The molecule has 1 N–H and O–H groups in total. The molecule has 0 saturated carbocycles. The van der Waals surface area contributed by atoms with Gasteiger partial charge in [-0.1, -0.05) is 20.8 Å². The van der Waals surface area contributed by atoms with Crippen LogP contribution in [0.25, 0.3) is 0 Å². The van der Waals surface area contributed by atoms with E-state index in [1.165, 1.54) is 0 Å². The minimum Gasteiger partial charge on any atom is -0.465 e. The summed E-state index contributed by atoms with van der Waals surface area (Å²) in [5, 5.41) is 3.27. The molecule has 0 rings (SSSR count). The van der Waals surface area contributed by atoms with Crippen molar-refractivity contribution >= 4 is 5.97 Å². The van der Waals surface area contributed by atoms with Crippen molar-refractivity contribution in [3.05, 3.63) is 0 Å². The maximum Gasteiger partial charge on any atom is 0.323 e. The van der Waals surface area contributed by atoms with Crippen LogP contribution in [0.15, 0.2) is 0 Å². The van der Waals surface area contributed by atoms with Gasteiger partial charge in [-0.05, 0) is 19.9 Å². The van der Waals surface area contributed by atoms with E-state index < -0.39 is 0 Å². The van der Waals surface area contributed by atoms with Gasteiger partial charge in [-0.2, -0.15) is 0 Å². The highest BCUT2D eigenvalue weighted by atomic mass is 16.5. The molecule has 0 bridgehead atoms. The fraction of sp³-hybridized carbons (Fsp3) is 0.929. The van der Waals surface area contributed by atoms with Crippen LogP contribution in [0, 0.1) is 0 Å². The van der Waals surface area contributed by atoms with Gasteiger partial charge < -0.3 is 19.7 Å². The van der Waals surface area contributed by atoms with E-state index in [0.29, 0.717) is 6.61 Å². The third-order valence-corrected chi connectivity index (χ3v) is 2.90. The van der Waals surface area contributed by atoms with Crippen molar-refractivity contribution in [1.82, 2.24) is 10.2 Å². The first-order valence-corrected chi connectivity index (χ1v) is 7.19. The molecule has 1 unspecified atom stereocenters. The Morgan fingerprint density at radius 1 is 1.26 bits per heavy atom. The molecule has 0 radical (unpaired) electrons. The van der Waals surface area contributed by atoms with Crippen molar-refractivity contribution in [2.45, 2.75) is 46.2 Å². The van der Waals surface area contributed by atoms with Gasteiger partial charge in [0.05, 0.1) is 13.2 Å². The molecule has 0 aliphatic rings. The Labute approximate surface area is 117 Å². The van der Waals surface area contributed by atoms with Gasteiger partial charge in [-0.3, -0.25) is 4.79 Å². The first kappa shape index (κ1) is 18.4. The van der Waals surface area contributed by atoms with Gasteiger partial charge in [-0.15, -0.1) is 0 Å². The number of nitrogens with zero attached hydrogens (tertiary/aromatic N) is 1. The number of nitrogens with one attached hydrogen (secondary N) is 1. The van der Waals surface area contributed by atoms with Crippen LogP contribution < -0.4 is 5.32 Å². The third-order valence-electron chi connectivity index (χ3n) is 2.90. The van der Waals surface area contributed by atoms with Crippen molar-refractivity contribution in [3.8, 4) is 0 Å². The average Bonchev–Trinajstić information content (AvgIpc) is 2.37. The molecular formula is C14H30N2O3. The van der Waals surface area contributed by atoms with Gasteiger partial charge >= 0.3 is 5.97 Å². The Balaban J connectivity index is 4.25. The minimum absolute atomic E-state index is 0.154. The highest BCUT2D eigenvalue weighted by Crippen LogP contribution is 2.01. The van der Waals surface area contributed by atoms with Crippen LogP contribution in [-0.2, 0) is 14.3 Å². The first-order valence-electron chi connectivity index (χ1n) is 7.19. The fourth-order valence-corrected chi connectivity index (χ4v) is 1.87. The number of methoxy groups -OCH3 is 1. The van der Waals surface area contributed by atoms with Gasteiger partial charge in [0.15, 0.2) is 0 Å². The second-order valence-electron chi connectivity index (χ2n) is 4.84. The number of carbonyl (C=O) groups excluding carboxylic acids is 1. The van der Waals surface area contributed by atoms with E-state index in [4.69, 9.17) is 9.47 Å². The van der Waals surface area contributed by atoms with E-state index in [-0.39, 0.29) is 18.1 Å². The quantitative estimate of drug-likeness (QED) is 0.575. The summed E-state index contributed by atoms with van der Waals surface area (Å²) in [7, 11) is 1.70. The second-order valence-corrected chi connectivity index (χ2v) is 4.84. The lowest BCUT2D eigenvalue weighted by molar-refractivity contribution is -0.146. The Bertz CT molecular complexity index is 235. The van der Waals surface area contributed by atoms with Gasteiger partial charge in [0.2, 0.25) is 0 Å². The Kier molecular flexibility index (Phi) is 10.8. The Hall–Kier alpha value is -0.650. The maximum absolute atomic E-state index is 11.9. The molecule has 0 saturated heterocycles. The average molecular weight is 274 g/mol. The number of carbonyl (C=O) groups is 1. The molecule has 5 nitrogen and oxygen atoms in total. The monoisotopic (exact) mass is 274 g/mol. The van der Waals surface area contributed by atoms with Gasteiger partial charge in [-0.25, -0.2) is 0 Å². The van der Waals surface area contributed by atoms with E-state index in [0.717, 1.165) is 32.7 Å². The number of likely N-dealkylation sites (N-methyl/N-ethyl adjacent to an activating group) is 1. The SMILES string of the molecule is CCOC(=O)C(CCN(CC)CCOC)NC(C)C. The summed E-state index contributed by atoms with van der Waals surface area (Å²) < 4.78 is 10.2. The van der Waals surface area contributed by atoms with Gasteiger partial charge in [0.25, 0.3) is 0 Å². The summed E-state index contributed by atoms with van der Waals surface area (Å²) >= 11 is 0. The van der Waals surface area contributed by atoms with Crippen LogP contribution in [0.1, 0.15) is 34.1 Å². The van der Waals surface area contributed by atoms with E-state index in [2.05, 4.69) is 17.1 Å². The third kappa shape index (κ3) is 8.97. The van der Waals surface area contributed by atoms with E-state index in [1.807, 2.05) is 20.8 Å². The van der Waals surface area contributed by atoms with Crippen molar-refractivity contribution in [1.29, 1.82) is 0 Å². The normalized spacial score (nSPS) is 13.0. The van der Waals surface area contributed by atoms with Crippen molar-refractivity contribution in [3.63, 3.8) is 0 Å². The lowest BCUT2D eigenvalue weighted by atomic mass is 10.1. The van der Waals surface area contributed by atoms with Gasteiger partial charge in [0, 0.05) is 26.2 Å². The van der Waals surface area contributed by atoms with E-state index in [9.17, 15) is 4.79 Å². The Morgan fingerprint density at radius 3 is 2.42 bits per heavy atom. The summed E-state index contributed by atoms with van der Waals surface area (Å²) in [6, 6.07) is 0.0417. The van der Waals surface area contributed by atoms with Crippen LogP contribution in [0.4, 0.5) is 0 Å². The lowest BCUT2D eigenvalue weighted by Crippen LogP contribution is -2.44. The molecule has 19 heavy (non-hydrogen) atoms. The predicted molar refractivity (Wildman–Crippen MR) is 77.3 cm³/mol. The van der Waals surface area contributed by atoms with Gasteiger partial charge in [0.1, 0.15) is 6.04 Å². The highest BCUT2D eigenvalue weighted by Gasteiger charge is 2.20. The van der Waals surface area contributed by atoms with Crippen molar-refractivity contribution in [2.75, 3.05) is 40.0 Å². The molecule has 0 aliphatic heterocycles. The zero-order valence-electron chi connectivity index (χ0n) is 13.1. The number of rotatable bonds is 11. The molecule has 0 spiro atoms. The zero-order chi connectivity index (χ0) is 14.7. The molecule has 0 aromatic carbocycles. The predicted octanol–water partition coefficient (Wildman–Crippen LogP) is 1.27. The van der Waals surface area contributed by atoms with Crippen molar-refractivity contribution in [2.24, 2.45) is 0 Å². The minimum atomic E-state index is -0.225. The van der Waals surface area contributed by atoms with Crippen LogP contribution in [0.5, 0.6) is 0 Å². The lowest BCUT2D eigenvalue weighted by Gasteiger charge is -2.24. The van der Waals surface area contributed by atoms with Crippen LogP contribution in [0.3, 0.4) is 0 Å². The largest absolute Gasteiger partial charge is 0.465 e. The van der Waals surface area contributed by atoms with E-state index in [1.54, 1.807) is 7.11 Å². The molecule has 0 amide bonds. The first-order chi connectivity index (χ1) is 9.04. The molecule has 0 aliphatic carbocycles. The molecule has 114 valence electrons. The van der Waals surface area contributed by atoms with Crippen LogP contribution >= 0.6 is 0 Å². The topological polar surface area (TPSA) is 50.8 Å². The summed E-state index contributed by atoms with van der Waals surface area (Å²) in [4.78, 5) is 14.1. The highest BCUT2D eigenvalue weighted by molar-refractivity contribution is 5.75. The summed E-state index contributed by atoms with van der Waals surface area (Å²) in [5.74, 6) is -0.154. The van der Waals surface area contributed by atoms with Crippen LogP contribution in [-0.4, -0.2) is 62.9 Å². The molecule has 5 heteroatoms. The molecule has 0 heterocycles. The zero-order valence-corrected chi connectivity index (χ0v) is 13.1. The number of ether oxygens (including phenoxy) is 2. The fourth-order valence-electron chi connectivity index (χ4n) is 1.87. The standard InChI is InChI=1S/C14H30N2O3/c1-6-16(10-11-18-5)9-8-13(15-12(3)4)14(17)19-7-2/h12-13,15H,6-11H2,1-5H3. The summed E-state index contributed by atoms with van der Waals surface area (Å²) in [6.45, 7) is 11.9. The van der Waals surface area contributed by atoms with E-state index >= 15 is 0 Å². The molecule has 0 aromatic rings. The number of hydrogen-bond acceptors (Lipinski definition) is 5. The molecular weight excluding hydrogens is 244 g/mol. The Morgan fingerprint density at radius 2 is 1.95 bits per heavy atom. The molecule has 0 aromatic heterocycles.